The third-order valence-electron chi connectivity index (χ3n) is 5.25. The molecule has 2 unspecified atom stereocenters. The first kappa shape index (κ1) is 17.3. The summed E-state index contributed by atoms with van der Waals surface area (Å²) in [6.45, 7) is 7.63. The van der Waals surface area contributed by atoms with Crippen LogP contribution in [0.25, 0.3) is 0 Å². The fourth-order valence-electron chi connectivity index (χ4n) is 2.80. The molecule has 1 heterocycles. The molecule has 5 heteroatoms. The van der Waals surface area contributed by atoms with Crippen LogP contribution in [-0.2, 0) is 9.59 Å². The highest BCUT2D eigenvalue weighted by Crippen LogP contribution is 2.29. The summed E-state index contributed by atoms with van der Waals surface area (Å²) in [5, 5.41) is 13.3. The number of carbonyl (C=O) groups is 2. The van der Waals surface area contributed by atoms with Crippen molar-refractivity contribution in [2.24, 2.45) is 17.3 Å². The zero-order chi connectivity index (χ0) is 16.3. The third kappa shape index (κ3) is 4.22. The summed E-state index contributed by atoms with van der Waals surface area (Å²) in [6, 6.07) is 0. The molecule has 0 aromatic carbocycles. The minimum absolute atomic E-state index is 0.0636. The highest BCUT2D eigenvalue weighted by Gasteiger charge is 2.37. The molecule has 0 radical (unpaired) electrons. The zero-order valence-electron chi connectivity index (χ0n) is 14.1. The maximum Gasteiger partial charge on any atom is 0.251 e. The standard InChI is InChI=1S/C17H30N2O3/c1-4-17(2,3)14(20)16(22)19-9-5-6-13(11-19)15(21)18-10-12-7-8-12/h12-14,20H,4-11H2,1-3H3,(H,18,21). The minimum atomic E-state index is -0.995. The van der Waals surface area contributed by atoms with E-state index in [-0.39, 0.29) is 17.7 Å². The van der Waals surface area contributed by atoms with Gasteiger partial charge in [0.1, 0.15) is 6.10 Å². The Bertz CT molecular complexity index is 418. The summed E-state index contributed by atoms with van der Waals surface area (Å²) in [6.07, 6.45) is 3.83. The van der Waals surface area contributed by atoms with Crippen LogP contribution in [0.1, 0.15) is 52.9 Å². The van der Waals surface area contributed by atoms with Crippen molar-refractivity contribution in [2.75, 3.05) is 19.6 Å². The Kier molecular flexibility index (Phi) is 5.48. The second kappa shape index (κ2) is 6.99. The molecule has 1 aliphatic carbocycles. The molecule has 1 aliphatic heterocycles. The number of likely N-dealkylation sites (tertiary alicyclic amines) is 1. The van der Waals surface area contributed by atoms with Crippen LogP contribution in [0.2, 0.25) is 0 Å². The summed E-state index contributed by atoms with van der Waals surface area (Å²) >= 11 is 0. The van der Waals surface area contributed by atoms with Gasteiger partial charge in [-0.3, -0.25) is 9.59 Å². The van der Waals surface area contributed by atoms with E-state index in [0.29, 0.717) is 19.0 Å². The van der Waals surface area contributed by atoms with E-state index in [9.17, 15) is 14.7 Å². The number of aliphatic hydroxyl groups is 1. The van der Waals surface area contributed by atoms with Crippen molar-refractivity contribution in [3.8, 4) is 0 Å². The lowest BCUT2D eigenvalue weighted by Gasteiger charge is -2.37. The topological polar surface area (TPSA) is 69.6 Å². The van der Waals surface area contributed by atoms with Gasteiger partial charge >= 0.3 is 0 Å². The summed E-state index contributed by atoms with van der Waals surface area (Å²) in [5.41, 5.74) is -0.432. The molecule has 1 saturated heterocycles. The number of aliphatic hydroxyl groups excluding tert-OH is 1. The number of nitrogens with one attached hydrogen (secondary N) is 1. The SMILES string of the molecule is CCC(C)(C)C(O)C(=O)N1CCCC(C(=O)NCC2CC2)C1. The summed E-state index contributed by atoms with van der Waals surface area (Å²) in [5.74, 6) is 0.367. The van der Waals surface area contributed by atoms with Crippen LogP contribution in [0.5, 0.6) is 0 Å². The first-order valence-corrected chi connectivity index (χ1v) is 8.59. The first-order chi connectivity index (χ1) is 10.3. The third-order valence-corrected chi connectivity index (χ3v) is 5.25. The fourth-order valence-corrected chi connectivity index (χ4v) is 2.80. The number of nitrogens with zero attached hydrogens (tertiary/aromatic N) is 1. The van der Waals surface area contributed by atoms with Gasteiger partial charge in [-0.25, -0.2) is 0 Å². The quantitative estimate of drug-likeness (QED) is 0.782. The van der Waals surface area contributed by atoms with Gasteiger partial charge in [0, 0.05) is 19.6 Å². The van der Waals surface area contributed by atoms with Crippen molar-refractivity contribution >= 4 is 11.8 Å². The van der Waals surface area contributed by atoms with Gasteiger partial charge in [-0.2, -0.15) is 0 Å². The largest absolute Gasteiger partial charge is 0.383 e. The van der Waals surface area contributed by atoms with Gasteiger partial charge in [0.25, 0.3) is 5.91 Å². The van der Waals surface area contributed by atoms with E-state index in [4.69, 9.17) is 0 Å². The lowest BCUT2D eigenvalue weighted by atomic mass is 9.82. The van der Waals surface area contributed by atoms with Gasteiger partial charge in [0.15, 0.2) is 0 Å². The molecule has 2 N–H and O–H groups in total. The first-order valence-electron chi connectivity index (χ1n) is 8.59. The highest BCUT2D eigenvalue weighted by molar-refractivity contribution is 5.83. The Hall–Kier alpha value is -1.10. The summed E-state index contributed by atoms with van der Waals surface area (Å²) in [4.78, 5) is 26.4. The highest BCUT2D eigenvalue weighted by atomic mass is 16.3. The Labute approximate surface area is 133 Å². The predicted molar refractivity (Wildman–Crippen MR) is 85.1 cm³/mol. The molecule has 2 aliphatic rings. The van der Waals surface area contributed by atoms with Gasteiger partial charge in [0.2, 0.25) is 5.91 Å². The van der Waals surface area contributed by atoms with Crippen molar-refractivity contribution < 1.29 is 14.7 Å². The molecular weight excluding hydrogens is 280 g/mol. The maximum absolute atomic E-state index is 12.5. The summed E-state index contributed by atoms with van der Waals surface area (Å²) < 4.78 is 0. The van der Waals surface area contributed by atoms with Crippen molar-refractivity contribution in [1.29, 1.82) is 0 Å². The van der Waals surface area contributed by atoms with Crippen molar-refractivity contribution in [1.82, 2.24) is 10.2 Å². The normalized spacial score (nSPS) is 24.0. The van der Waals surface area contributed by atoms with E-state index < -0.39 is 11.5 Å². The van der Waals surface area contributed by atoms with Crippen LogP contribution >= 0.6 is 0 Å². The van der Waals surface area contributed by atoms with Crippen LogP contribution in [0, 0.1) is 17.3 Å². The van der Waals surface area contributed by atoms with Gasteiger partial charge in [-0.15, -0.1) is 0 Å². The molecule has 0 spiro atoms. The molecule has 22 heavy (non-hydrogen) atoms. The number of amides is 2. The van der Waals surface area contributed by atoms with Crippen molar-refractivity contribution in [2.45, 2.75) is 59.0 Å². The molecule has 2 fully saturated rings. The van der Waals surface area contributed by atoms with Crippen molar-refractivity contribution in [3.05, 3.63) is 0 Å². The van der Waals surface area contributed by atoms with E-state index in [2.05, 4.69) is 5.32 Å². The summed E-state index contributed by atoms with van der Waals surface area (Å²) in [7, 11) is 0. The lowest BCUT2D eigenvalue weighted by molar-refractivity contribution is -0.149. The molecule has 2 rings (SSSR count). The number of carbonyl (C=O) groups excluding carboxylic acids is 2. The fraction of sp³-hybridized carbons (Fsp3) is 0.882. The molecule has 0 aromatic heterocycles. The Morgan fingerprint density at radius 3 is 2.59 bits per heavy atom. The number of hydrogen-bond donors (Lipinski definition) is 2. The second-order valence-electron chi connectivity index (χ2n) is 7.56. The molecule has 1 saturated carbocycles. The Balaban J connectivity index is 1.88. The van der Waals surface area contributed by atoms with E-state index >= 15 is 0 Å². The van der Waals surface area contributed by atoms with Crippen LogP contribution in [0.15, 0.2) is 0 Å². The minimum Gasteiger partial charge on any atom is -0.383 e. The Morgan fingerprint density at radius 1 is 1.32 bits per heavy atom. The van der Waals surface area contributed by atoms with Crippen molar-refractivity contribution in [3.63, 3.8) is 0 Å². The average Bonchev–Trinajstić information content (AvgIpc) is 3.35. The monoisotopic (exact) mass is 310 g/mol. The van der Waals surface area contributed by atoms with Gasteiger partial charge < -0.3 is 15.3 Å². The number of hydrogen-bond acceptors (Lipinski definition) is 3. The molecule has 0 aromatic rings. The zero-order valence-corrected chi connectivity index (χ0v) is 14.1. The lowest BCUT2D eigenvalue weighted by Crippen LogP contribution is -2.51. The van der Waals surface area contributed by atoms with Crippen LogP contribution in [0.4, 0.5) is 0 Å². The molecule has 2 amide bonds. The maximum atomic E-state index is 12.5. The molecule has 2 atom stereocenters. The van der Waals surface area contributed by atoms with Gasteiger partial charge in [0.05, 0.1) is 5.92 Å². The second-order valence-corrected chi connectivity index (χ2v) is 7.56. The average molecular weight is 310 g/mol. The van der Waals surface area contributed by atoms with E-state index in [0.717, 1.165) is 25.8 Å². The molecule has 126 valence electrons. The van der Waals surface area contributed by atoms with Crippen LogP contribution in [-0.4, -0.2) is 47.6 Å². The molecular formula is C17H30N2O3. The predicted octanol–water partition coefficient (Wildman–Crippen LogP) is 1.55. The van der Waals surface area contributed by atoms with Crippen LogP contribution < -0.4 is 5.32 Å². The van der Waals surface area contributed by atoms with E-state index in [1.807, 2.05) is 20.8 Å². The van der Waals surface area contributed by atoms with Gasteiger partial charge in [-0.05, 0) is 43.4 Å². The smallest absolute Gasteiger partial charge is 0.251 e. The van der Waals surface area contributed by atoms with E-state index in [1.165, 1.54) is 12.8 Å². The Morgan fingerprint density at radius 2 is 2.00 bits per heavy atom. The molecule has 0 bridgehead atoms. The van der Waals surface area contributed by atoms with Gasteiger partial charge in [-0.1, -0.05) is 20.8 Å². The van der Waals surface area contributed by atoms with Crippen LogP contribution in [0.3, 0.4) is 0 Å². The number of piperidine rings is 1. The number of rotatable bonds is 6. The van der Waals surface area contributed by atoms with E-state index in [1.54, 1.807) is 4.90 Å². The molecule has 5 nitrogen and oxygen atoms in total.